The maximum Gasteiger partial charge on any atom is 0.123 e. The molecule has 0 aromatic rings. The predicted molar refractivity (Wildman–Crippen MR) is 48.2 cm³/mol. The minimum atomic E-state index is 0.826. The largest absolute Gasteiger partial charge is 0.234 e. The van der Waals surface area contributed by atoms with E-state index in [2.05, 4.69) is 6.58 Å². The van der Waals surface area contributed by atoms with Crippen molar-refractivity contribution in [2.24, 2.45) is 0 Å². The number of carbonyl (C=O) groups excluding carboxylic acids is 1. The molecule has 0 radical (unpaired) electrons. The van der Waals surface area contributed by atoms with Gasteiger partial charge in [0.2, 0.25) is 0 Å². The minimum absolute atomic E-state index is 0.826. The standard InChI is InChI=1S/C10H16O/c1-9(2)6-4-5-7-10(3)8-11/h1,4-7H2,2-3H3. The zero-order chi connectivity index (χ0) is 8.69. The monoisotopic (exact) mass is 152 g/mol. The van der Waals surface area contributed by atoms with Gasteiger partial charge in [0.1, 0.15) is 5.94 Å². The van der Waals surface area contributed by atoms with Crippen molar-refractivity contribution in [3.8, 4) is 0 Å². The quantitative estimate of drug-likeness (QED) is 0.336. The Bertz CT molecular complexity index is 173. The van der Waals surface area contributed by atoms with Gasteiger partial charge in [-0.25, -0.2) is 4.79 Å². The SMILES string of the molecule is C=C(C)CCCCC(C)=C=O. The van der Waals surface area contributed by atoms with Crippen LogP contribution in [0.15, 0.2) is 17.7 Å². The number of hydrogen-bond acceptors (Lipinski definition) is 1. The molecule has 0 atom stereocenters. The fourth-order valence-electron chi connectivity index (χ4n) is 0.868. The third-order valence-corrected chi connectivity index (χ3v) is 1.58. The Kier molecular flexibility index (Phi) is 5.50. The first-order valence-corrected chi connectivity index (χ1v) is 4.01. The highest BCUT2D eigenvalue weighted by molar-refractivity contribution is 5.50. The van der Waals surface area contributed by atoms with Gasteiger partial charge in [-0.3, -0.25) is 0 Å². The van der Waals surface area contributed by atoms with E-state index < -0.39 is 0 Å². The van der Waals surface area contributed by atoms with Crippen LogP contribution in [0, 0.1) is 0 Å². The van der Waals surface area contributed by atoms with Gasteiger partial charge in [0.25, 0.3) is 0 Å². The topological polar surface area (TPSA) is 17.1 Å². The summed E-state index contributed by atoms with van der Waals surface area (Å²) in [6.45, 7) is 7.67. The van der Waals surface area contributed by atoms with Crippen molar-refractivity contribution in [2.75, 3.05) is 0 Å². The Labute approximate surface area is 68.8 Å². The van der Waals surface area contributed by atoms with Crippen LogP contribution in [0.5, 0.6) is 0 Å². The van der Waals surface area contributed by atoms with E-state index in [1.165, 1.54) is 5.57 Å². The van der Waals surface area contributed by atoms with E-state index in [0.29, 0.717) is 0 Å². The van der Waals surface area contributed by atoms with Gasteiger partial charge in [-0.2, -0.15) is 0 Å². The van der Waals surface area contributed by atoms with Crippen molar-refractivity contribution < 1.29 is 4.79 Å². The molecule has 1 heteroatoms. The van der Waals surface area contributed by atoms with Gasteiger partial charge in [0, 0.05) is 5.57 Å². The van der Waals surface area contributed by atoms with E-state index in [1.807, 2.05) is 19.8 Å². The Morgan fingerprint density at radius 1 is 1.27 bits per heavy atom. The molecular weight excluding hydrogens is 136 g/mol. The summed E-state index contributed by atoms with van der Waals surface area (Å²) < 4.78 is 0. The Hall–Kier alpha value is -0.810. The summed E-state index contributed by atoms with van der Waals surface area (Å²) in [7, 11) is 0. The molecule has 0 heterocycles. The fourth-order valence-corrected chi connectivity index (χ4v) is 0.868. The van der Waals surface area contributed by atoms with Crippen molar-refractivity contribution in [3.05, 3.63) is 17.7 Å². The molecule has 0 saturated heterocycles. The first-order valence-electron chi connectivity index (χ1n) is 4.01. The molecule has 0 N–H and O–H groups in total. The van der Waals surface area contributed by atoms with Crippen LogP contribution in [-0.4, -0.2) is 5.94 Å². The molecule has 0 rings (SSSR count). The Balaban J connectivity index is 3.28. The van der Waals surface area contributed by atoms with Crippen molar-refractivity contribution >= 4 is 5.94 Å². The van der Waals surface area contributed by atoms with Crippen molar-refractivity contribution in [1.82, 2.24) is 0 Å². The Morgan fingerprint density at radius 3 is 2.27 bits per heavy atom. The van der Waals surface area contributed by atoms with Crippen LogP contribution in [0.25, 0.3) is 0 Å². The van der Waals surface area contributed by atoms with Crippen LogP contribution in [0.4, 0.5) is 0 Å². The van der Waals surface area contributed by atoms with E-state index >= 15 is 0 Å². The third-order valence-electron chi connectivity index (χ3n) is 1.58. The lowest BCUT2D eigenvalue weighted by Crippen LogP contribution is -1.81. The molecule has 0 saturated carbocycles. The molecule has 0 aliphatic carbocycles. The van der Waals surface area contributed by atoms with Crippen LogP contribution in [-0.2, 0) is 4.79 Å². The lowest BCUT2D eigenvalue weighted by atomic mass is 10.1. The van der Waals surface area contributed by atoms with Gasteiger partial charge in [0.05, 0.1) is 0 Å². The van der Waals surface area contributed by atoms with Gasteiger partial charge >= 0.3 is 0 Å². The van der Waals surface area contributed by atoms with Crippen LogP contribution < -0.4 is 0 Å². The molecule has 1 nitrogen and oxygen atoms in total. The number of allylic oxidation sites excluding steroid dienone is 2. The molecule has 0 aliphatic rings. The molecule has 11 heavy (non-hydrogen) atoms. The lowest BCUT2D eigenvalue weighted by molar-refractivity contribution is 0.565. The van der Waals surface area contributed by atoms with Crippen LogP contribution in [0.1, 0.15) is 39.5 Å². The summed E-state index contributed by atoms with van der Waals surface area (Å²) in [5, 5.41) is 0. The van der Waals surface area contributed by atoms with Crippen molar-refractivity contribution in [1.29, 1.82) is 0 Å². The molecule has 0 unspecified atom stereocenters. The van der Waals surface area contributed by atoms with Crippen LogP contribution >= 0.6 is 0 Å². The zero-order valence-corrected chi connectivity index (χ0v) is 7.44. The summed E-state index contributed by atoms with van der Waals surface area (Å²) in [6.07, 6.45) is 4.17. The van der Waals surface area contributed by atoms with Crippen molar-refractivity contribution in [3.63, 3.8) is 0 Å². The molecular formula is C10H16O. The summed E-state index contributed by atoms with van der Waals surface area (Å²) >= 11 is 0. The average molecular weight is 152 g/mol. The van der Waals surface area contributed by atoms with Gasteiger partial charge < -0.3 is 0 Å². The first kappa shape index (κ1) is 10.2. The fraction of sp³-hybridized carbons (Fsp3) is 0.600. The predicted octanol–water partition coefficient (Wildman–Crippen LogP) is 2.90. The molecule has 0 aromatic heterocycles. The average Bonchev–Trinajstić information content (AvgIpc) is 1.97. The molecule has 0 aromatic carbocycles. The van der Waals surface area contributed by atoms with E-state index in [0.717, 1.165) is 31.3 Å². The highest BCUT2D eigenvalue weighted by Crippen LogP contribution is 2.08. The van der Waals surface area contributed by atoms with Crippen molar-refractivity contribution in [2.45, 2.75) is 39.5 Å². The molecule has 0 bridgehead atoms. The second-order valence-electron chi connectivity index (χ2n) is 3.05. The first-order chi connectivity index (χ1) is 5.16. The van der Waals surface area contributed by atoms with E-state index in [-0.39, 0.29) is 0 Å². The summed E-state index contributed by atoms with van der Waals surface area (Å²) in [5.41, 5.74) is 2.05. The smallest absolute Gasteiger partial charge is 0.123 e. The molecule has 0 fully saturated rings. The maximum atomic E-state index is 10.1. The molecule has 0 amide bonds. The minimum Gasteiger partial charge on any atom is -0.234 e. The van der Waals surface area contributed by atoms with E-state index in [4.69, 9.17) is 0 Å². The summed E-state index contributed by atoms with van der Waals surface area (Å²) in [5.74, 6) is 1.90. The molecule has 0 aliphatic heterocycles. The number of rotatable bonds is 5. The Morgan fingerprint density at radius 2 is 1.82 bits per heavy atom. The lowest BCUT2D eigenvalue weighted by Gasteiger charge is -1.97. The maximum absolute atomic E-state index is 10.1. The summed E-state index contributed by atoms with van der Waals surface area (Å²) in [6, 6.07) is 0. The van der Waals surface area contributed by atoms with Gasteiger partial charge in [-0.1, -0.05) is 5.57 Å². The van der Waals surface area contributed by atoms with Crippen LogP contribution in [0.2, 0.25) is 0 Å². The van der Waals surface area contributed by atoms with Gasteiger partial charge in [-0.05, 0) is 39.5 Å². The number of unbranched alkanes of at least 4 members (excludes halogenated alkanes) is 1. The molecule has 0 spiro atoms. The summed E-state index contributed by atoms with van der Waals surface area (Å²) in [4.78, 5) is 10.1. The second kappa shape index (κ2) is 5.94. The van der Waals surface area contributed by atoms with Gasteiger partial charge in [0.15, 0.2) is 0 Å². The molecule has 62 valence electrons. The van der Waals surface area contributed by atoms with Crippen LogP contribution in [0.3, 0.4) is 0 Å². The second-order valence-corrected chi connectivity index (χ2v) is 3.05. The third kappa shape index (κ3) is 7.08. The van der Waals surface area contributed by atoms with E-state index in [1.54, 1.807) is 0 Å². The van der Waals surface area contributed by atoms with E-state index in [9.17, 15) is 4.79 Å². The number of hydrogen-bond donors (Lipinski definition) is 0. The normalized spacial score (nSPS) is 8.91. The highest BCUT2D eigenvalue weighted by atomic mass is 16.1. The highest BCUT2D eigenvalue weighted by Gasteiger charge is 1.91. The zero-order valence-electron chi connectivity index (χ0n) is 7.44. The van der Waals surface area contributed by atoms with Gasteiger partial charge in [-0.15, -0.1) is 6.58 Å².